The highest BCUT2D eigenvalue weighted by Gasteiger charge is 2.23. The molecule has 1 aliphatic heterocycles. The first kappa shape index (κ1) is 14.3. The van der Waals surface area contributed by atoms with Crippen LogP contribution in [0.25, 0.3) is 0 Å². The van der Waals surface area contributed by atoms with Gasteiger partial charge in [0.25, 0.3) is 0 Å². The molecule has 0 unspecified atom stereocenters. The number of benzene rings is 1. The molecule has 1 saturated heterocycles. The second-order valence-corrected chi connectivity index (χ2v) is 5.54. The first-order chi connectivity index (χ1) is 9.06. The molecule has 1 N–H and O–H groups in total. The fourth-order valence-electron chi connectivity index (χ4n) is 2.05. The van der Waals surface area contributed by atoms with E-state index in [9.17, 15) is 4.79 Å². The van der Waals surface area contributed by atoms with Gasteiger partial charge in [0.05, 0.1) is 6.54 Å². The monoisotopic (exact) mass is 281 g/mol. The molecule has 1 aromatic carbocycles. The molecule has 0 spiro atoms. The topological polar surface area (TPSA) is 35.6 Å². The van der Waals surface area contributed by atoms with E-state index in [1.165, 1.54) is 0 Å². The zero-order valence-corrected chi connectivity index (χ0v) is 12.2. The fraction of sp³-hybridized carbons (Fsp3) is 0.500. The lowest BCUT2D eigenvalue weighted by atomic mass is 10.1. The van der Waals surface area contributed by atoms with E-state index < -0.39 is 0 Å². The minimum absolute atomic E-state index is 0.134. The highest BCUT2D eigenvalue weighted by Crippen LogP contribution is 2.12. The lowest BCUT2D eigenvalue weighted by Gasteiger charge is -2.35. The predicted molar refractivity (Wildman–Crippen MR) is 77.2 cm³/mol. The summed E-state index contributed by atoms with van der Waals surface area (Å²) in [5.74, 6) is 0.134. The summed E-state index contributed by atoms with van der Waals surface area (Å²) < 4.78 is 0. The Morgan fingerprint density at radius 1 is 1.42 bits per heavy atom. The van der Waals surface area contributed by atoms with Crippen LogP contribution in [0.4, 0.5) is 0 Å². The SMILES string of the molecule is CN(Cc1cccc(Cl)c1)C(=O)CN(C)C1CNC1. The summed E-state index contributed by atoms with van der Waals surface area (Å²) in [5.41, 5.74) is 1.05. The van der Waals surface area contributed by atoms with E-state index in [1.54, 1.807) is 4.90 Å². The van der Waals surface area contributed by atoms with Crippen molar-refractivity contribution in [3.8, 4) is 0 Å². The number of hydrogen-bond acceptors (Lipinski definition) is 3. The van der Waals surface area contributed by atoms with E-state index in [-0.39, 0.29) is 5.91 Å². The molecule has 5 heteroatoms. The van der Waals surface area contributed by atoms with Crippen LogP contribution in [-0.4, -0.2) is 55.5 Å². The number of carbonyl (C=O) groups excluding carboxylic acids is 1. The van der Waals surface area contributed by atoms with Crippen LogP contribution in [0.15, 0.2) is 24.3 Å². The van der Waals surface area contributed by atoms with Crippen LogP contribution < -0.4 is 5.32 Å². The van der Waals surface area contributed by atoms with Crippen molar-refractivity contribution in [3.63, 3.8) is 0 Å². The van der Waals surface area contributed by atoms with Crippen LogP contribution in [0, 0.1) is 0 Å². The van der Waals surface area contributed by atoms with E-state index in [2.05, 4.69) is 10.2 Å². The van der Waals surface area contributed by atoms with Crippen molar-refractivity contribution >= 4 is 17.5 Å². The van der Waals surface area contributed by atoms with Crippen LogP contribution in [0.5, 0.6) is 0 Å². The minimum Gasteiger partial charge on any atom is -0.340 e. The molecule has 0 aliphatic carbocycles. The van der Waals surface area contributed by atoms with Crippen molar-refractivity contribution in [2.45, 2.75) is 12.6 Å². The number of nitrogens with zero attached hydrogens (tertiary/aromatic N) is 2. The summed E-state index contributed by atoms with van der Waals surface area (Å²) in [7, 11) is 3.83. The normalized spacial score (nSPS) is 15.4. The zero-order chi connectivity index (χ0) is 13.8. The summed E-state index contributed by atoms with van der Waals surface area (Å²) in [6.45, 7) is 3.00. The Morgan fingerprint density at radius 2 is 2.16 bits per heavy atom. The number of hydrogen-bond donors (Lipinski definition) is 1. The van der Waals surface area contributed by atoms with Crippen molar-refractivity contribution in [3.05, 3.63) is 34.9 Å². The van der Waals surface area contributed by atoms with E-state index in [0.29, 0.717) is 24.2 Å². The van der Waals surface area contributed by atoms with Gasteiger partial charge in [0.1, 0.15) is 0 Å². The molecule has 1 aromatic rings. The van der Waals surface area contributed by atoms with Gasteiger partial charge in [-0.3, -0.25) is 9.69 Å². The quantitative estimate of drug-likeness (QED) is 0.881. The summed E-state index contributed by atoms with van der Waals surface area (Å²) in [6.07, 6.45) is 0. The largest absolute Gasteiger partial charge is 0.340 e. The highest BCUT2D eigenvalue weighted by molar-refractivity contribution is 6.30. The van der Waals surface area contributed by atoms with Gasteiger partial charge in [-0.1, -0.05) is 23.7 Å². The second kappa shape index (κ2) is 6.37. The van der Waals surface area contributed by atoms with Crippen molar-refractivity contribution < 1.29 is 4.79 Å². The molecule has 1 amide bonds. The van der Waals surface area contributed by atoms with Crippen LogP contribution in [0.2, 0.25) is 5.02 Å². The average Bonchev–Trinajstić information content (AvgIpc) is 2.26. The van der Waals surface area contributed by atoms with Crippen LogP contribution >= 0.6 is 11.6 Å². The summed E-state index contributed by atoms with van der Waals surface area (Å²) >= 11 is 5.94. The Hall–Kier alpha value is -1.10. The second-order valence-electron chi connectivity index (χ2n) is 5.11. The molecule has 0 aromatic heterocycles. The van der Waals surface area contributed by atoms with Crippen LogP contribution in [0.3, 0.4) is 0 Å². The molecule has 2 rings (SSSR count). The fourth-order valence-corrected chi connectivity index (χ4v) is 2.26. The Kier molecular flexibility index (Phi) is 4.80. The van der Waals surface area contributed by atoms with Crippen molar-refractivity contribution in [1.82, 2.24) is 15.1 Å². The lowest BCUT2D eigenvalue weighted by molar-refractivity contribution is -0.132. The Bertz CT molecular complexity index is 448. The maximum Gasteiger partial charge on any atom is 0.236 e. The molecule has 1 heterocycles. The van der Waals surface area contributed by atoms with Crippen molar-refractivity contribution in [2.75, 3.05) is 33.7 Å². The Labute approximate surface area is 119 Å². The van der Waals surface area contributed by atoms with Gasteiger partial charge < -0.3 is 10.2 Å². The third-order valence-electron chi connectivity index (χ3n) is 3.50. The number of carbonyl (C=O) groups is 1. The van der Waals surface area contributed by atoms with E-state index in [4.69, 9.17) is 11.6 Å². The van der Waals surface area contributed by atoms with Crippen molar-refractivity contribution in [2.24, 2.45) is 0 Å². The number of likely N-dealkylation sites (N-methyl/N-ethyl adjacent to an activating group) is 2. The van der Waals surface area contributed by atoms with Gasteiger partial charge in [-0.05, 0) is 24.7 Å². The molecule has 1 aliphatic rings. The number of halogens is 1. The van der Waals surface area contributed by atoms with Gasteiger partial charge >= 0.3 is 0 Å². The predicted octanol–water partition coefficient (Wildman–Crippen LogP) is 1.20. The molecule has 0 radical (unpaired) electrons. The molecule has 1 fully saturated rings. The Balaban J connectivity index is 1.84. The van der Waals surface area contributed by atoms with E-state index >= 15 is 0 Å². The maximum absolute atomic E-state index is 12.1. The maximum atomic E-state index is 12.1. The average molecular weight is 282 g/mol. The van der Waals surface area contributed by atoms with Gasteiger partial charge in [-0.15, -0.1) is 0 Å². The third-order valence-corrected chi connectivity index (χ3v) is 3.74. The molecule has 4 nitrogen and oxygen atoms in total. The van der Waals surface area contributed by atoms with Gasteiger partial charge in [-0.2, -0.15) is 0 Å². The molecule has 19 heavy (non-hydrogen) atoms. The van der Waals surface area contributed by atoms with Crippen LogP contribution in [0.1, 0.15) is 5.56 Å². The highest BCUT2D eigenvalue weighted by atomic mass is 35.5. The molecule has 0 atom stereocenters. The molecule has 0 saturated carbocycles. The molecule has 0 bridgehead atoms. The molecular weight excluding hydrogens is 262 g/mol. The van der Waals surface area contributed by atoms with Gasteiger partial charge in [0.2, 0.25) is 5.91 Å². The van der Waals surface area contributed by atoms with E-state index in [0.717, 1.165) is 18.7 Å². The smallest absolute Gasteiger partial charge is 0.236 e. The zero-order valence-electron chi connectivity index (χ0n) is 11.4. The van der Waals surface area contributed by atoms with E-state index in [1.807, 2.05) is 38.4 Å². The first-order valence-electron chi connectivity index (χ1n) is 6.45. The standard InChI is InChI=1S/C14H20ClN3O/c1-17(13-7-16-8-13)10-14(19)18(2)9-11-4-3-5-12(15)6-11/h3-6,13,16H,7-10H2,1-2H3. The number of nitrogens with one attached hydrogen (secondary N) is 1. The molecular formula is C14H20ClN3O. The van der Waals surface area contributed by atoms with Gasteiger partial charge in [-0.25, -0.2) is 0 Å². The number of amides is 1. The lowest BCUT2D eigenvalue weighted by Crippen LogP contribution is -2.57. The van der Waals surface area contributed by atoms with Gasteiger partial charge in [0, 0.05) is 37.7 Å². The third kappa shape index (κ3) is 3.93. The minimum atomic E-state index is 0.134. The summed E-state index contributed by atoms with van der Waals surface area (Å²) in [6, 6.07) is 8.11. The van der Waals surface area contributed by atoms with Crippen LogP contribution in [-0.2, 0) is 11.3 Å². The molecule has 104 valence electrons. The summed E-state index contributed by atoms with van der Waals surface area (Å²) in [5, 5.41) is 3.91. The Morgan fingerprint density at radius 3 is 2.74 bits per heavy atom. The first-order valence-corrected chi connectivity index (χ1v) is 6.83. The van der Waals surface area contributed by atoms with Gasteiger partial charge in [0.15, 0.2) is 0 Å². The number of rotatable bonds is 5. The van der Waals surface area contributed by atoms with Crippen molar-refractivity contribution in [1.29, 1.82) is 0 Å². The summed E-state index contributed by atoms with van der Waals surface area (Å²) in [4.78, 5) is 16.0.